The maximum atomic E-state index is 10.2. The Morgan fingerprint density at radius 2 is 1.62 bits per heavy atom. The molecule has 1 unspecified atom stereocenters. The first-order valence-corrected chi connectivity index (χ1v) is 11.8. The molecule has 2 aliphatic rings. The molecule has 2 fully saturated rings. The number of anilines is 1. The van der Waals surface area contributed by atoms with Crippen LogP contribution in [0.25, 0.3) is 0 Å². The van der Waals surface area contributed by atoms with E-state index < -0.39 is 6.23 Å². The SMILES string of the molecule is CC(C)N1CCC(OC2CCN(c3ccc(C(O)NCCCCl)cc3)CC2)CC1. The summed E-state index contributed by atoms with van der Waals surface area (Å²) in [7, 11) is 0. The zero-order valence-corrected chi connectivity index (χ0v) is 18.8. The van der Waals surface area contributed by atoms with Crippen molar-refractivity contribution in [1.82, 2.24) is 10.2 Å². The Morgan fingerprint density at radius 3 is 2.17 bits per heavy atom. The molecule has 6 heteroatoms. The van der Waals surface area contributed by atoms with E-state index in [2.05, 4.69) is 41.1 Å². The molecule has 29 heavy (non-hydrogen) atoms. The predicted molar refractivity (Wildman–Crippen MR) is 121 cm³/mol. The van der Waals surface area contributed by atoms with Crippen molar-refractivity contribution in [2.24, 2.45) is 0 Å². The number of piperidine rings is 2. The highest BCUT2D eigenvalue weighted by molar-refractivity contribution is 6.17. The average Bonchev–Trinajstić information content (AvgIpc) is 2.75. The number of ether oxygens (including phenoxy) is 1. The average molecular weight is 424 g/mol. The van der Waals surface area contributed by atoms with Gasteiger partial charge in [0.15, 0.2) is 0 Å². The van der Waals surface area contributed by atoms with Crippen LogP contribution < -0.4 is 10.2 Å². The van der Waals surface area contributed by atoms with E-state index in [4.69, 9.17) is 16.3 Å². The van der Waals surface area contributed by atoms with Crippen molar-refractivity contribution < 1.29 is 9.84 Å². The van der Waals surface area contributed by atoms with Crippen molar-refractivity contribution in [1.29, 1.82) is 0 Å². The topological polar surface area (TPSA) is 48.0 Å². The molecule has 3 rings (SSSR count). The van der Waals surface area contributed by atoms with Crippen LogP contribution in [0.15, 0.2) is 24.3 Å². The molecule has 1 aromatic carbocycles. The summed E-state index contributed by atoms with van der Waals surface area (Å²) in [5.41, 5.74) is 2.12. The summed E-state index contributed by atoms with van der Waals surface area (Å²) >= 11 is 5.68. The van der Waals surface area contributed by atoms with Gasteiger partial charge in [-0.1, -0.05) is 12.1 Å². The molecule has 1 aromatic rings. The van der Waals surface area contributed by atoms with Crippen LogP contribution in [0.5, 0.6) is 0 Å². The van der Waals surface area contributed by atoms with Gasteiger partial charge in [0.05, 0.1) is 12.2 Å². The second-order valence-electron chi connectivity index (χ2n) is 8.64. The van der Waals surface area contributed by atoms with Gasteiger partial charge in [-0.25, -0.2) is 0 Å². The first-order valence-electron chi connectivity index (χ1n) is 11.3. The van der Waals surface area contributed by atoms with Crippen LogP contribution in [0.4, 0.5) is 5.69 Å². The van der Waals surface area contributed by atoms with E-state index in [0.717, 1.165) is 44.5 Å². The smallest absolute Gasteiger partial charge is 0.131 e. The molecule has 2 heterocycles. The normalized spacial score (nSPS) is 21.1. The number of aliphatic hydroxyl groups is 1. The molecule has 0 aliphatic carbocycles. The lowest BCUT2D eigenvalue weighted by Gasteiger charge is -2.38. The molecule has 0 radical (unpaired) electrons. The van der Waals surface area contributed by atoms with E-state index in [1.807, 2.05) is 12.1 Å². The molecule has 0 aromatic heterocycles. The summed E-state index contributed by atoms with van der Waals surface area (Å²) in [6.45, 7) is 9.68. The Bertz CT molecular complexity index is 582. The Balaban J connectivity index is 1.40. The van der Waals surface area contributed by atoms with E-state index in [1.165, 1.54) is 31.6 Å². The van der Waals surface area contributed by atoms with Gasteiger partial charge in [0.25, 0.3) is 0 Å². The Hall–Kier alpha value is -0.850. The maximum Gasteiger partial charge on any atom is 0.131 e. The van der Waals surface area contributed by atoms with E-state index in [0.29, 0.717) is 24.1 Å². The summed E-state index contributed by atoms with van der Waals surface area (Å²) in [5.74, 6) is 0.607. The number of aliphatic hydroxyl groups excluding tert-OH is 1. The number of hydrogen-bond acceptors (Lipinski definition) is 5. The van der Waals surface area contributed by atoms with Crippen molar-refractivity contribution in [3.8, 4) is 0 Å². The predicted octanol–water partition coefficient (Wildman–Crippen LogP) is 3.75. The second kappa shape index (κ2) is 11.5. The first kappa shape index (κ1) is 22.8. The van der Waals surface area contributed by atoms with Crippen molar-refractivity contribution >= 4 is 17.3 Å². The minimum absolute atomic E-state index is 0.397. The molecule has 1 atom stereocenters. The molecule has 0 spiro atoms. The molecule has 0 amide bonds. The zero-order valence-electron chi connectivity index (χ0n) is 18.0. The number of halogens is 1. The molecule has 164 valence electrons. The summed E-state index contributed by atoms with van der Waals surface area (Å²) in [6.07, 6.45) is 5.58. The molecular formula is C23H38ClN3O2. The number of alkyl halides is 1. The fraction of sp³-hybridized carbons (Fsp3) is 0.739. The number of hydrogen-bond donors (Lipinski definition) is 2. The van der Waals surface area contributed by atoms with Gasteiger partial charge in [-0.2, -0.15) is 0 Å². The fourth-order valence-corrected chi connectivity index (χ4v) is 4.48. The van der Waals surface area contributed by atoms with Crippen molar-refractivity contribution in [3.63, 3.8) is 0 Å². The lowest BCUT2D eigenvalue weighted by atomic mass is 10.0. The first-order chi connectivity index (χ1) is 14.1. The standard InChI is InChI=1S/C23H38ClN3O2/c1-18(2)26-14-8-21(9-15-26)29-22-10-16-27(17-11-22)20-6-4-19(5-7-20)23(28)25-13-3-12-24/h4-7,18,21-23,25,28H,3,8-17H2,1-2H3. The van der Waals surface area contributed by atoms with Crippen LogP contribution in [0.1, 0.15) is 57.7 Å². The Morgan fingerprint density at radius 1 is 1.03 bits per heavy atom. The van der Waals surface area contributed by atoms with Crippen molar-refractivity contribution in [3.05, 3.63) is 29.8 Å². The van der Waals surface area contributed by atoms with E-state index >= 15 is 0 Å². The third kappa shape index (κ3) is 6.83. The Kier molecular flexibility index (Phi) is 9.07. The zero-order chi connectivity index (χ0) is 20.6. The van der Waals surface area contributed by atoms with E-state index in [9.17, 15) is 5.11 Å². The van der Waals surface area contributed by atoms with Gasteiger partial charge in [0.1, 0.15) is 6.23 Å². The maximum absolute atomic E-state index is 10.2. The molecule has 0 bridgehead atoms. The van der Waals surface area contributed by atoms with Gasteiger partial charge in [0.2, 0.25) is 0 Å². The van der Waals surface area contributed by atoms with Crippen LogP contribution in [-0.2, 0) is 4.74 Å². The second-order valence-corrected chi connectivity index (χ2v) is 9.02. The highest BCUT2D eigenvalue weighted by atomic mass is 35.5. The van der Waals surface area contributed by atoms with Gasteiger partial charge >= 0.3 is 0 Å². The molecule has 0 saturated carbocycles. The lowest BCUT2D eigenvalue weighted by Crippen LogP contribution is -2.43. The highest BCUT2D eigenvalue weighted by Crippen LogP contribution is 2.25. The molecule has 5 nitrogen and oxygen atoms in total. The quantitative estimate of drug-likeness (QED) is 0.360. The number of likely N-dealkylation sites (tertiary alicyclic amines) is 1. The number of benzene rings is 1. The summed E-state index contributed by atoms with van der Waals surface area (Å²) in [5, 5.41) is 13.3. The monoisotopic (exact) mass is 423 g/mol. The number of nitrogens with zero attached hydrogens (tertiary/aromatic N) is 2. The third-order valence-electron chi connectivity index (χ3n) is 6.26. The van der Waals surface area contributed by atoms with Crippen LogP contribution in [0, 0.1) is 0 Å². The van der Waals surface area contributed by atoms with Crippen molar-refractivity contribution in [2.45, 2.75) is 70.4 Å². The van der Waals surface area contributed by atoms with Gasteiger partial charge in [-0.05, 0) is 70.2 Å². The van der Waals surface area contributed by atoms with Gasteiger partial charge in [-0.3, -0.25) is 5.32 Å². The Labute approximate surface area is 181 Å². The lowest BCUT2D eigenvalue weighted by molar-refractivity contribution is -0.0540. The molecule has 2 N–H and O–H groups in total. The molecule has 2 saturated heterocycles. The van der Waals surface area contributed by atoms with Crippen molar-refractivity contribution in [2.75, 3.05) is 43.5 Å². The highest BCUT2D eigenvalue weighted by Gasteiger charge is 2.26. The molecule has 2 aliphatic heterocycles. The van der Waals surface area contributed by atoms with Gasteiger partial charge in [-0.15, -0.1) is 11.6 Å². The summed E-state index contributed by atoms with van der Waals surface area (Å²) in [4.78, 5) is 4.98. The fourth-order valence-electron chi connectivity index (χ4n) is 4.34. The molecular weight excluding hydrogens is 386 g/mol. The number of nitrogens with one attached hydrogen (secondary N) is 1. The number of rotatable bonds is 9. The minimum Gasteiger partial charge on any atom is -0.375 e. The summed E-state index contributed by atoms with van der Waals surface area (Å²) < 4.78 is 6.44. The largest absolute Gasteiger partial charge is 0.375 e. The summed E-state index contributed by atoms with van der Waals surface area (Å²) in [6, 6.07) is 8.90. The van der Waals surface area contributed by atoms with Gasteiger partial charge < -0.3 is 19.6 Å². The van der Waals surface area contributed by atoms with Crippen LogP contribution in [0.2, 0.25) is 0 Å². The minimum atomic E-state index is -0.631. The van der Waals surface area contributed by atoms with Crippen LogP contribution >= 0.6 is 11.6 Å². The van der Waals surface area contributed by atoms with E-state index in [1.54, 1.807) is 0 Å². The van der Waals surface area contributed by atoms with E-state index in [-0.39, 0.29) is 0 Å². The van der Waals surface area contributed by atoms with Crippen LogP contribution in [0.3, 0.4) is 0 Å². The van der Waals surface area contributed by atoms with Gasteiger partial charge in [0, 0.05) is 43.8 Å². The van der Waals surface area contributed by atoms with Crippen LogP contribution in [-0.4, -0.2) is 66.9 Å². The third-order valence-corrected chi connectivity index (χ3v) is 6.52.